The molecule has 0 amide bonds. The van der Waals surface area contributed by atoms with E-state index in [1.165, 1.54) is 17.2 Å². The second kappa shape index (κ2) is 7.18. The topological polar surface area (TPSA) is 75.9 Å². The zero-order valence-electron chi connectivity index (χ0n) is 17.4. The van der Waals surface area contributed by atoms with Gasteiger partial charge in [0.05, 0.1) is 0 Å². The van der Waals surface area contributed by atoms with E-state index in [1.807, 2.05) is 32.3 Å². The van der Waals surface area contributed by atoms with Crippen LogP contribution in [0.2, 0.25) is 0 Å². The Morgan fingerprint density at radius 2 is 1.87 bits per heavy atom. The molecule has 2 aliphatic rings. The molecule has 3 aromatic rings. The minimum Gasteiger partial charge on any atom is -0.300 e. The maximum atomic E-state index is 12.4. The Bertz CT molecular complexity index is 1210. The molecule has 1 atom stereocenters. The highest BCUT2D eigenvalue weighted by Gasteiger charge is 2.30. The van der Waals surface area contributed by atoms with Gasteiger partial charge in [0.2, 0.25) is 0 Å². The zero-order valence-corrected chi connectivity index (χ0v) is 17.4. The van der Waals surface area contributed by atoms with Crippen LogP contribution >= 0.6 is 0 Å². The van der Waals surface area contributed by atoms with Gasteiger partial charge >= 0.3 is 0 Å². The van der Waals surface area contributed by atoms with Crippen molar-refractivity contribution in [2.24, 2.45) is 0 Å². The van der Waals surface area contributed by atoms with E-state index in [9.17, 15) is 4.79 Å². The fraction of sp³-hybridized carbons (Fsp3) is 0.304. The third-order valence-electron chi connectivity index (χ3n) is 6.11. The van der Waals surface area contributed by atoms with E-state index < -0.39 is 0 Å². The average molecular weight is 400 g/mol. The lowest BCUT2D eigenvalue weighted by Crippen LogP contribution is -2.52. The molecule has 30 heavy (non-hydrogen) atoms. The molecule has 0 saturated heterocycles. The van der Waals surface area contributed by atoms with E-state index in [0.29, 0.717) is 5.82 Å². The minimum atomic E-state index is -0.0925. The summed E-state index contributed by atoms with van der Waals surface area (Å²) in [5.74, 6) is 0.685. The standard InChI is InChI=1S/C23H24N6O/c1-14-4-5-17(11-25-14)18-10-19-13-28(9-7-20(19)26-12-18)23-16(3)15(2)22-24-8-6-21(30)29(22)27-23/h4-6,8,10-12,23,27H,7,9,13H2,1-3H3. The summed E-state index contributed by atoms with van der Waals surface area (Å²) in [7, 11) is 0. The van der Waals surface area contributed by atoms with Crippen molar-refractivity contribution in [3.8, 4) is 11.1 Å². The Balaban J connectivity index is 1.46. The van der Waals surface area contributed by atoms with E-state index in [1.54, 1.807) is 10.9 Å². The summed E-state index contributed by atoms with van der Waals surface area (Å²) in [5.41, 5.74) is 11.0. The molecule has 0 aliphatic carbocycles. The minimum absolute atomic E-state index is 0.0581. The van der Waals surface area contributed by atoms with Gasteiger partial charge in [-0.1, -0.05) is 6.07 Å². The van der Waals surface area contributed by atoms with Gasteiger partial charge in [0, 0.05) is 66.7 Å². The SMILES string of the molecule is CC1=C(C)C(N2CCc3ncc(-c4ccc(C)nc4)cc3C2)Nn2c1nccc2=O. The number of fused-ring (bicyclic) bond motifs is 2. The first-order valence-electron chi connectivity index (χ1n) is 10.2. The molecule has 5 rings (SSSR count). The highest BCUT2D eigenvalue weighted by Crippen LogP contribution is 2.29. The molecule has 7 nitrogen and oxygen atoms in total. The number of nitrogens with zero attached hydrogens (tertiary/aromatic N) is 5. The molecule has 0 spiro atoms. The van der Waals surface area contributed by atoms with Gasteiger partial charge in [0.25, 0.3) is 5.56 Å². The van der Waals surface area contributed by atoms with Crippen LogP contribution in [0.3, 0.4) is 0 Å². The largest absolute Gasteiger partial charge is 0.300 e. The first kappa shape index (κ1) is 18.7. The molecule has 1 N–H and O–H groups in total. The van der Waals surface area contributed by atoms with Gasteiger partial charge in [-0.3, -0.25) is 25.1 Å². The third kappa shape index (κ3) is 3.11. The lowest BCUT2D eigenvalue weighted by Gasteiger charge is -2.40. The van der Waals surface area contributed by atoms with Crippen molar-refractivity contribution >= 4 is 5.57 Å². The van der Waals surface area contributed by atoms with Crippen LogP contribution in [-0.2, 0) is 13.0 Å². The number of hydrogen-bond acceptors (Lipinski definition) is 6. The summed E-state index contributed by atoms with van der Waals surface area (Å²) in [5, 5.41) is 0. The van der Waals surface area contributed by atoms with Crippen LogP contribution < -0.4 is 11.0 Å². The van der Waals surface area contributed by atoms with E-state index in [0.717, 1.165) is 47.6 Å². The molecule has 152 valence electrons. The second-order valence-corrected chi connectivity index (χ2v) is 8.02. The lowest BCUT2D eigenvalue weighted by atomic mass is 9.98. The van der Waals surface area contributed by atoms with Gasteiger partial charge in [-0.25, -0.2) is 9.66 Å². The predicted octanol–water partition coefficient (Wildman–Crippen LogP) is 2.74. The summed E-state index contributed by atoms with van der Waals surface area (Å²) in [6.45, 7) is 7.77. The lowest BCUT2D eigenvalue weighted by molar-refractivity contribution is 0.204. The summed E-state index contributed by atoms with van der Waals surface area (Å²) in [4.78, 5) is 28.3. The molecule has 7 heteroatoms. The smallest absolute Gasteiger partial charge is 0.272 e. The average Bonchev–Trinajstić information content (AvgIpc) is 2.76. The maximum Gasteiger partial charge on any atom is 0.272 e. The quantitative estimate of drug-likeness (QED) is 0.713. The Labute approximate surface area is 175 Å². The molecule has 3 aromatic heterocycles. The van der Waals surface area contributed by atoms with Crippen LogP contribution in [0.4, 0.5) is 0 Å². The van der Waals surface area contributed by atoms with E-state index in [4.69, 9.17) is 4.98 Å². The van der Waals surface area contributed by atoms with Crippen LogP contribution in [0, 0.1) is 6.92 Å². The fourth-order valence-corrected chi connectivity index (χ4v) is 4.22. The molecule has 5 heterocycles. The maximum absolute atomic E-state index is 12.4. The van der Waals surface area contributed by atoms with Crippen molar-refractivity contribution in [2.45, 2.75) is 39.9 Å². The van der Waals surface area contributed by atoms with Gasteiger partial charge < -0.3 is 0 Å². The monoisotopic (exact) mass is 400 g/mol. The molecule has 0 saturated carbocycles. The molecule has 0 aromatic carbocycles. The molecule has 0 fully saturated rings. The first-order valence-corrected chi connectivity index (χ1v) is 10.2. The molecular weight excluding hydrogens is 376 g/mol. The van der Waals surface area contributed by atoms with Gasteiger partial charge in [0.15, 0.2) is 5.82 Å². The highest BCUT2D eigenvalue weighted by atomic mass is 16.1. The van der Waals surface area contributed by atoms with Crippen molar-refractivity contribution in [3.05, 3.63) is 81.6 Å². The van der Waals surface area contributed by atoms with Crippen molar-refractivity contribution in [1.29, 1.82) is 0 Å². The Kier molecular flexibility index (Phi) is 4.47. The van der Waals surface area contributed by atoms with Crippen LogP contribution in [0.5, 0.6) is 0 Å². The normalized spacial score (nSPS) is 18.6. The second-order valence-electron chi connectivity index (χ2n) is 8.02. The summed E-state index contributed by atoms with van der Waals surface area (Å²) in [6, 6.07) is 7.81. The van der Waals surface area contributed by atoms with Gasteiger partial charge in [-0.05, 0) is 49.6 Å². The number of rotatable bonds is 2. The summed E-state index contributed by atoms with van der Waals surface area (Å²) < 4.78 is 1.56. The molecule has 0 bridgehead atoms. The number of aromatic nitrogens is 4. The highest BCUT2D eigenvalue weighted by molar-refractivity contribution is 5.65. The van der Waals surface area contributed by atoms with Crippen LogP contribution in [0.1, 0.15) is 36.6 Å². The van der Waals surface area contributed by atoms with Gasteiger partial charge in [0.1, 0.15) is 6.17 Å². The summed E-state index contributed by atoms with van der Waals surface area (Å²) in [6.07, 6.45) is 6.22. The van der Waals surface area contributed by atoms with Crippen molar-refractivity contribution in [1.82, 2.24) is 24.5 Å². The predicted molar refractivity (Wildman–Crippen MR) is 116 cm³/mol. The number of aryl methyl sites for hydroxylation is 1. The number of allylic oxidation sites excluding steroid dienone is 1. The Morgan fingerprint density at radius 1 is 1.03 bits per heavy atom. The van der Waals surface area contributed by atoms with Gasteiger partial charge in [-0.2, -0.15) is 0 Å². The first-order chi connectivity index (χ1) is 14.5. The van der Waals surface area contributed by atoms with E-state index in [-0.39, 0.29) is 11.7 Å². The molecule has 0 radical (unpaired) electrons. The van der Waals surface area contributed by atoms with Crippen LogP contribution in [0.25, 0.3) is 16.7 Å². The number of pyridine rings is 2. The fourth-order valence-electron chi connectivity index (χ4n) is 4.22. The third-order valence-corrected chi connectivity index (χ3v) is 6.11. The van der Waals surface area contributed by atoms with Crippen molar-refractivity contribution in [2.75, 3.05) is 12.0 Å². The van der Waals surface area contributed by atoms with E-state index in [2.05, 4.69) is 39.4 Å². The van der Waals surface area contributed by atoms with Crippen molar-refractivity contribution in [3.63, 3.8) is 0 Å². The van der Waals surface area contributed by atoms with Crippen LogP contribution in [0.15, 0.2) is 53.2 Å². The van der Waals surface area contributed by atoms with Gasteiger partial charge in [-0.15, -0.1) is 0 Å². The zero-order chi connectivity index (χ0) is 20.8. The van der Waals surface area contributed by atoms with E-state index >= 15 is 0 Å². The Morgan fingerprint density at radius 3 is 2.67 bits per heavy atom. The molecule has 2 aliphatic heterocycles. The molecule has 1 unspecified atom stereocenters. The van der Waals surface area contributed by atoms with Crippen molar-refractivity contribution < 1.29 is 0 Å². The molecular formula is C23H24N6O. The number of hydrogen-bond donors (Lipinski definition) is 1. The Hall–Kier alpha value is -3.32. The number of nitrogens with one attached hydrogen (secondary N) is 1. The summed E-state index contributed by atoms with van der Waals surface area (Å²) >= 11 is 0. The van der Waals surface area contributed by atoms with Crippen LogP contribution in [-0.4, -0.2) is 37.2 Å².